The zero-order valence-corrected chi connectivity index (χ0v) is 16.8. The Labute approximate surface area is 172 Å². The first-order valence-corrected chi connectivity index (χ1v) is 9.55. The summed E-state index contributed by atoms with van der Waals surface area (Å²) in [6, 6.07) is 5.52. The van der Waals surface area contributed by atoms with Crippen LogP contribution in [0.1, 0.15) is 23.2 Å². The molecule has 0 atom stereocenters. The number of nitrogens with one attached hydrogen (secondary N) is 3. The second-order valence-electron chi connectivity index (χ2n) is 6.26. The van der Waals surface area contributed by atoms with E-state index in [4.69, 9.17) is 23.2 Å². The van der Waals surface area contributed by atoms with Crippen LogP contribution in [0.15, 0.2) is 41.6 Å². The molecule has 0 aliphatic rings. The number of nitrogens with zero attached hydrogens (tertiary/aromatic N) is 3. The molecule has 3 aromatic heterocycles. The van der Waals surface area contributed by atoms with Gasteiger partial charge >= 0.3 is 0 Å². The van der Waals surface area contributed by atoms with Crippen molar-refractivity contribution in [3.8, 4) is 0 Å². The third kappa shape index (κ3) is 5.68. The highest BCUT2D eigenvalue weighted by atomic mass is 35.5. The number of H-pyrrole nitrogens is 1. The van der Waals surface area contributed by atoms with Gasteiger partial charge in [-0.3, -0.25) is 14.8 Å². The summed E-state index contributed by atoms with van der Waals surface area (Å²) in [5.74, 6) is 1.03. The summed E-state index contributed by atoms with van der Waals surface area (Å²) >= 11 is 11.9. The number of aromatic nitrogens is 4. The zero-order chi connectivity index (χ0) is 19.9. The van der Waals surface area contributed by atoms with Crippen molar-refractivity contribution in [3.63, 3.8) is 0 Å². The number of halogens is 2. The molecular weight excluding hydrogens is 399 g/mol. The van der Waals surface area contributed by atoms with Crippen LogP contribution < -0.4 is 16.2 Å². The average molecular weight is 419 g/mol. The van der Waals surface area contributed by atoms with Crippen LogP contribution in [0.25, 0.3) is 0 Å². The van der Waals surface area contributed by atoms with Gasteiger partial charge in [0.15, 0.2) is 0 Å². The molecular formula is C19H20Cl2N6O. The molecule has 0 unspecified atom stereocenters. The van der Waals surface area contributed by atoms with Crippen molar-refractivity contribution in [3.05, 3.63) is 74.0 Å². The van der Waals surface area contributed by atoms with Gasteiger partial charge in [-0.1, -0.05) is 29.3 Å². The van der Waals surface area contributed by atoms with E-state index in [1.807, 2.05) is 19.1 Å². The van der Waals surface area contributed by atoms with Crippen LogP contribution in [0.2, 0.25) is 10.0 Å². The third-order valence-electron chi connectivity index (χ3n) is 3.99. The van der Waals surface area contributed by atoms with E-state index in [9.17, 15) is 4.79 Å². The lowest BCUT2D eigenvalue weighted by Gasteiger charge is -2.09. The Morgan fingerprint density at radius 3 is 2.57 bits per heavy atom. The molecule has 0 spiro atoms. The van der Waals surface area contributed by atoms with E-state index in [-0.39, 0.29) is 5.56 Å². The van der Waals surface area contributed by atoms with E-state index in [1.165, 1.54) is 6.20 Å². The quantitative estimate of drug-likeness (QED) is 0.482. The molecule has 7 nitrogen and oxygen atoms in total. The van der Waals surface area contributed by atoms with Gasteiger partial charge in [-0.25, -0.2) is 9.97 Å². The van der Waals surface area contributed by atoms with Crippen LogP contribution in [0.4, 0.5) is 11.8 Å². The number of hydrogen-bond donors (Lipinski definition) is 3. The predicted octanol–water partition coefficient (Wildman–Crippen LogP) is 3.68. The Morgan fingerprint density at radius 1 is 1.04 bits per heavy atom. The minimum atomic E-state index is -0.159. The van der Waals surface area contributed by atoms with Crippen LogP contribution in [-0.2, 0) is 6.42 Å². The van der Waals surface area contributed by atoms with E-state index in [0.29, 0.717) is 46.9 Å². The summed E-state index contributed by atoms with van der Waals surface area (Å²) < 4.78 is 0. The van der Waals surface area contributed by atoms with E-state index in [1.54, 1.807) is 18.5 Å². The molecule has 0 amide bonds. The highest BCUT2D eigenvalue weighted by Crippen LogP contribution is 2.22. The lowest BCUT2D eigenvalue weighted by atomic mass is 10.1. The zero-order valence-electron chi connectivity index (χ0n) is 15.3. The van der Waals surface area contributed by atoms with Gasteiger partial charge in [-0.2, -0.15) is 0 Å². The molecule has 146 valence electrons. The molecule has 0 saturated heterocycles. The Bertz CT molecular complexity index is 990. The van der Waals surface area contributed by atoms with Gasteiger partial charge in [0.25, 0.3) is 5.56 Å². The third-order valence-corrected chi connectivity index (χ3v) is 4.48. The fourth-order valence-electron chi connectivity index (χ4n) is 2.51. The Kier molecular flexibility index (Phi) is 6.84. The van der Waals surface area contributed by atoms with Crippen molar-refractivity contribution in [1.82, 2.24) is 19.9 Å². The van der Waals surface area contributed by atoms with Crippen LogP contribution in [0.5, 0.6) is 0 Å². The fraction of sp³-hybridized carbons (Fsp3) is 0.263. The molecule has 28 heavy (non-hydrogen) atoms. The minimum Gasteiger partial charge on any atom is -0.369 e. The standard InChI is InChI=1S/C19H20Cl2N6O/c1-12-3-4-13(9-24-12)7-14-10-26-19(27-18(14)28)23-6-2-5-22-17-16(21)8-15(20)11-25-17/h3-4,8-11H,2,5-7H2,1H3,(H,22,25)(H2,23,26,27,28). The molecule has 0 aromatic carbocycles. The van der Waals surface area contributed by atoms with E-state index < -0.39 is 0 Å². The number of rotatable bonds is 8. The number of anilines is 2. The highest BCUT2D eigenvalue weighted by molar-refractivity contribution is 6.35. The summed E-state index contributed by atoms with van der Waals surface area (Å²) in [5.41, 5.74) is 2.35. The SMILES string of the molecule is Cc1ccc(Cc2cnc(NCCCNc3ncc(Cl)cc3Cl)[nH]c2=O)cn1. The monoisotopic (exact) mass is 418 g/mol. The van der Waals surface area contributed by atoms with Gasteiger partial charge in [0.1, 0.15) is 5.82 Å². The summed E-state index contributed by atoms with van der Waals surface area (Å²) in [4.78, 5) is 27.7. The maximum Gasteiger partial charge on any atom is 0.255 e. The summed E-state index contributed by atoms with van der Waals surface area (Å²) in [6.07, 6.45) is 6.18. The first kappa shape index (κ1) is 20.1. The van der Waals surface area contributed by atoms with Gasteiger partial charge in [0.05, 0.1) is 10.0 Å². The molecule has 0 aliphatic heterocycles. The molecule has 0 saturated carbocycles. The van der Waals surface area contributed by atoms with Gasteiger partial charge in [-0.05, 0) is 31.0 Å². The van der Waals surface area contributed by atoms with Crippen molar-refractivity contribution in [1.29, 1.82) is 0 Å². The van der Waals surface area contributed by atoms with Crippen molar-refractivity contribution in [2.45, 2.75) is 19.8 Å². The molecule has 9 heteroatoms. The summed E-state index contributed by atoms with van der Waals surface area (Å²) in [6.45, 7) is 3.21. The Morgan fingerprint density at radius 2 is 1.86 bits per heavy atom. The van der Waals surface area contributed by atoms with Gasteiger partial charge < -0.3 is 10.6 Å². The van der Waals surface area contributed by atoms with Crippen molar-refractivity contribution in [2.75, 3.05) is 23.7 Å². The molecule has 0 fully saturated rings. The van der Waals surface area contributed by atoms with Gasteiger partial charge in [-0.15, -0.1) is 0 Å². The molecule has 0 radical (unpaired) electrons. The number of hydrogen-bond acceptors (Lipinski definition) is 6. The van der Waals surface area contributed by atoms with Crippen molar-refractivity contribution in [2.24, 2.45) is 0 Å². The second-order valence-corrected chi connectivity index (χ2v) is 7.11. The van der Waals surface area contributed by atoms with Gasteiger partial charge in [0.2, 0.25) is 5.95 Å². The number of aryl methyl sites for hydroxylation is 1. The van der Waals surface area contributed by atoms with Gasteiger partial charge in [0, 0.05) is 49.4 Å². The Hall–Kier alpha value is -2.64. The molecule has 3 aromatic rings. The topological polar surface area (TPSA) is 95.6 Å². The average Bonchev–Trinajstić information content (AvgIpc) is 2.67. The molecule has 0 bridgehead atoms. The molecule has 0 aliphatic carbocycles. The van der Waals surface area contributed by atoms with Crippen LogP contribution in [-0.4, -0.2) is 33.0 Å². The van der Waals surface area contributed by atoms with Crippen LogP contribution >= 0.6 is 23.2 Å². The summed E-state index contributed by atoms with van der Waals surface area (Å²) in [7, 11) is 0. The molecule has 3 rings (SSSR count). The summed E-state index contributed by atoms with van der Waals surface area (Å²) in [5, 5.41) is 7.21. The number of pyridine rings is 2. The van der Waals surface area contributed by atoms with Crippen molar-refractivity contribution >= 4 is 35.0 Å². The first-order valence-electron chi connectivity index (χ1n) is 8.80. The van der Waals surface area contributed by atoms with Crippen LogP contribution in [0.3, 0.4) is 0 Å². The van der Waals surface area contributed by atoms with Crippen LogP contribution in [0, 0.1) is 6.92 Å². The lowest BCUT2D eigenvalue weighted by Crippen LogP contribution is -2.18. The Balaban J connectivity index is 1.46. The largest absolute Gasteiger partial charge is 0.369 e. The van der Waals surface area contributed by atoms with E-state index in [2.05, 4.69) is 30.6 Å². The predicted molar refractivity (Wildman–Crippen MR) is 112 cm³/mol. The molecule has 3 heterocycles. The lowest BCUT2D eigenvalue weighted by molar-refractivity contribution is 0.884. The maximum atomic E-state index is 12.2. The maximum absolute atomic E-state index is 12.2. The normalized spacial score (nSPS) is 10.7. The number of aromatic amines is 1. The van der Waals surface area contributed by atoms with E-state index >= 15 is 0 Å². The molecule has 3 N–H and O–H groups in total. The first-order chi connectivity index (χ1) is 13.5. The second kappa shape index (κ2) is 9.52. The smallest absolute Gasteiger partial charge is 0.255 e. The van der Waals surface area contributed by atoms with Crippen molar-refractivity contribution < 1.29 is 0 Å². The van der Waals surface area contributed by atoms with E-state index in [0.717, 1.165) is 17.7 Å². The minimum absolute atomic E-state index is 0.159. The highest BCUT2D eigenvalue weighted by Gasteiger charge is 2.05. The fourth-order valence-corrected chi connectivity index (χ4v) is 2.95.